The molecule has 106 valence electrons. The Kier molecular flexibility index (Phi) is 5.74. The van der Waals surface area contributed by atoms with Gasteiger partial charge in [0, 0.05) is 10.6 Å². The van der Waals surface area contributed by atoms with Gasteiger partial charge in [0.25, 0.3) is 0 Å². The first-order valence-electron chi connectivity index (χ1n) is 7.25. The van der Waals surface area contributed by atoms with Crippen LogP contribution in [0.4, 0.5) is 0 Å². The number of fused-ring (bicyclic) bond motifs is 1. The second-order valence-electron chi connectivity index (χ2n) is 5.37. The van der Waals surface area contributed by atoms with Crippen molar-refractivity contribution >= 4 is 11.8 Å². The van der Waals surface area contributed by atoms with Crippen LogP contribution in [0.5, 0.6) is 0 Å². The van der Waals surface area contributed by atoms with E-state index < -0.39 is 0 Å². The first-order valence-corrected chi connectivity index (χ1v) is 8.23. The molecule has 0 radical (unpaired) electrons. The lowest BCUT2D eigenvalue weighted by Crippen LogP contribution is -2.16. The van der Waals surface area contributed by atoms with E-state index in [-0.39, 0.29) is 0 Å². The van der Waals surface area contributed by atoms with Crippen molar-refractivity contribution in [3.05, 3.63) is 28.8 Å². The van der Waals surface area contributed by atoms with Gasteiger partial charge in [-0.05, 0) is 63.4 Å². The quantitative estimate of drug-likeness (QED) is 0.660. The molecular weight excluding hydrogens is 254 g/mol. The molecule has 0 aliphatic carbocycles. The van der Waals surface area contributed by atoms with Gasteiger partial charge in [0.15, 0.2) is 0 Å². The van der Waals surface area contributed by atoms with Gasteiger partial charge in [-0.1, -0.05) is 12.1 Å². The monoisotopic (exact) mass is 279 g/mol. The molecule has 2 rings (SSSR count). The summed E-state index contributed by atoms with van der Waals surface area (Å²) in [5, 5.41) is 3.49. The Bertz CT molecular complexity index is 417. The van der Waals surface area contributed by atoms with Crippen LogP contribution in [0.1, 0.15) is 30.5 Å². The van der Waals surface area contributed by atoms with Crippen LogP contribution in [-0.2, 0) is 17.6 Å². The molecule has 0 spiro atoms. The van der Waals surface area contributed by atoms with Crippen molar-refractivity contribution < 1.29 is 4.74 Å². The molecule has 0 amide bonds. The third-order valence-corrected chi connectivity index (χ3v) is 4.69. The summed E-state index contributed by atoms with van der Waals surface area (Å²) in [6.07, 6.45) is 2.65. The van der Waals surface area contributed by atoms with Crippen molar-refractivity contribution in [2.45, 2.75) is 44.6 Å². The Morgan fingerprint density at radius 2 is 2.05 bits per heavy atom. The Labute approximate surface area is 121 Å². The molecule has 1 heterocycles. The van der Waals surface area contributed by atoms with Gasteiger partial charge in [0.2, 0.25) is 0 Å². The van der Waals surface area contributed by atoms with Crippen molar-refractivity contribution in [2.24, 2.45) is 0 Å². The summed E-state index contributed by atoms with van der Waals surface area (Å²) >= 11 is 1.96. The molecule has 0 atom stereocenters. The zero-order chi connectivity index (χ0) is 13.7. The van der Waals surface area contributed by atoms with Crippen LogP contribution >= 0.6 is 11.8 Å². The van der Waals surface area contributed by atoms with Crippen LogP contribution in [0.25, 0.3) is 0 Å². The molecule has 0 fully saturated rings. The first-order chi connectivity index (χ1) is 9.18. The Morgan fingerprint density at radius 1 is 1.26 bits per heavy atom. The summed E-state index contributed by atoms with van der Waals surface area (Å²) in [7, 11) is 0. The molecule has 0 saturated carbocycles. The van der Waals surface area contributed by atoms with E-state index in [1.54, 1.807) is 5.56 Å². The molecule has 1 aliphatic heterocycles. The predicted molar refractivity (Wildman–Crippen MR) is 83.3 cm³/mol. The van der Waals surface area contributed by atoms with Crippen LogP contribution in [0.15, 0.2) is 17.0 Å². The molecule has 1 aromatic carbocycles. The molecule has 1 aliphatic rings. The lowest BCUT2D eigenvalue weighted by atomic mass is 10.0. The first kappa shape index (κ1) is 14.9. The Balaban J connectivity index is 2.06. The zero-order valence-electron chi connectivity index (χ0n) is 12.3. The Morgan fingerprint density at radius 3 is 2.84 bits per heavy atom. The molecule has 0 saturated heterocycles. The standard InChI is InChI=1S/C16H25NOS/c1-12(2)18-10-11-19-16-13(3)4-5-14-6-8-17-9-7-15(14)16/h4-5,12,17H,6-11H2,1-3H3. The van der Waals surface area contributed by atoms with Crippen LogP contribution in [-0.4, -0.2) is 31.6 Å². The number of hydrogen-bond donors (Lipinski definition) is 1. The lowest BCUT2D eigenvalue weighted by Gasteiger charge is -2.15. The van der Waals surface area contributed by atoms with Crippen molar-refractivity contribution in [3.8, 4) is 0 Å². The van der Waals surface area contributed by atoms with Gasteiger partial charge in [-0.15, -0.1) is 11.8 Å². The van der Waals surface area contributed by atoms with Gasteiger partial charge in [0.05, 0.1) is 12.7 Å². The highest BCUT2D eigenvalue weighted by molar-refractivity contribution is 7.99. The van der Waals surface area contributed by atoms with E-state index in [4.69, 9.17) is 4.74 Å². The number of aryl methyl sites for hydroxylation is 1. The summed E-state index contributed by atoms with van der Waals surface area (Å²) in [6.45, 7) is 9.46. The molecule has 3 heteroatoms. The van der Waals surface area contributed by atoms with E-state index in [2.05, 4.69) is 38.2 Å². The van der Waals surface area contributed by atoms with Crippen LogP contribution in [0.2, 0.25) is 0 Å². The highest BCUT2D eigenvalue weighted by Crippen LogP contribution is 2.30. The van der Waals surface area contributed by atoms with Gasteiger partial charge in [0.1, 0.15) is 0 Å². The van der Waals surface area contributed by atoms with Crippen LogP contribution < -0.4 is 5.32 Å². The third kappa shape index (κ3) is 4.23. The van der Waals surface area contributed by atoms with E-state index in [0.29, 0.717) is 6.10 Å². The van der Waals surface area contributed by atoms with Gasteiger partial charge < -0.3 is 10.1 Å². The molecule has 0 bridgehead atoms. The number of benzene rings is 1. The minimum Gasteiger partial charge on any atom is -0.378 e. The average Bonchev–Trinajstić information content (AvgIpc) is 2.61. The summed E-state index contributed by atoms with van der Waals surface area (Å²) < 4.78 is 5.64. The fourth-order valence-electron chi connectivity index (χ4n) is 2.48. The molecule has 0 unspecified atom stereocenters. The van der Waals surface area contributed by atoms with Gasteiger partial charge in [-0.3, -0.25) is 0 Å². The van der Waals surface area contributed by atoms with Crippen LogP contribution in [0, 0.1) is 6.92 Å². The zero-order valence-corrected chi connectivity index (χ0v) is 13.1. The number of ether oxygens (including phenoxy) is 1. The van der Waals surface area contributed by atoms with E-state index in [0.717, 1.165) is 38.3 Å². The maximum absolute atomic E-state index is 5.64. The molecule has 1 aromatic rings. The fraction of sp³-hybridized carbons (Fsp3) is 0.625. The van der Waals surface area contributed by atoms with E-state index in [1.165, 1.54) is 16.0 Å². The highest BCUT2D eigenvalue weighted by Gasteiger charge is 2.14. The number of rotatable bonds is 5. The fourth-order valence-corrected chi connectivity index (χ4v) is 3.57. The number of nitrogens with one attached hydrogen (secondary N) is 1. The second-order valence-corrected chi connectivity index (χ2v) is 6.47. The third-order valence-electron chi connectivity index (χ3n) is 3.46. The molecular formula is C16H25NOS. The summed E-state index contributed by atoms with van der Waals surface area (Å²) in [5.74, 6) is 1.04. The van der Waals surface area contributed by atoms with E-state index in [9.17, 15) is 0 Å². The predicted octanol–water partition coefficient (Wildman–Crippen LogP) is 3.20. The normalized spacial score (nSPS) is 15.4. The van der Waals surface area contributed by atoms with E-state index in [1.807, 2.05) is 11.8 Å². The molecule has 0 aromatic heterocycles. The van der Waals surface area contributed by atoms with E-state index >= 15 is 0 Å². The average molecular weight is 279 g/mol. The van der Waals surface area contributed by atoms with Crippen LogP contribution in [0.3, 0.4) is 0 Å². The maximum Gasteiger partial charge on any atom is 0.0563 e. The largest absolute Gasteiger partial charge is 0.378 e. The Hall–Kier alpha value is -0.510. The number of thioether (sulfide) groups is 1. The van der Waals surface area contributed by atoms with Gasteiger partial charge in [-0.2, -0.15) is 0 Å². The molecule has 19 heavy (non-hydrogen) atoms. The molecule has 2 nitrogen and oxygen atoms in total. The summed E-state index contributed by atoms with van der Waals surface area (Å²) in [4.78, 5) is 1.49. The van der Waals surface area contributed by atoms with Crippen molar-refractivity contribution in [3.63, 3.8) is 0 Å². The van der Waals surface area contributed by atoms with Gasteiger partial charge in [-0.25, -0.2) is 0 Å². The summed E-state index contributed by atoms with van der Waals surface area (Å²) in [6, 6.07) is 4.59. The smallest absolute Gasteiger partial charge is 0.0563 e. The lowest BCUT2D eigenvalue weighted by molar-refractivity contribution is 0.0920. The van der Waals surface area contributed by atoms with Gasteiger partial charge >= 0.3 is 0 Å². The minimum absolute atomic E-state index is 0.332. The molecule has 1 N–H and O–H groups in total. The maximum atomic E-state index is 5.64. The summed E-state index contributed by atoms with van der Waals surface area (Å²) in [5.41, 5.74) is 4.51. The number of hydrogen-bond acceptors (Lipinski definition) is 3. The highest BCUT2D eigenvalue weighted by atomic mass is 32.2. The topological polar surface area (TPSA) is 21.3 Å². The van der Waals surface area contributed by atoms with Crippen molar-refractivity contribution in [1.29, 1.82) is 0 Å². The second kappa shape index (κ2) is 7.32. The van der Waals surface area contributed by atoms with Crippen molar-refractivity contribution in [2.75, 3.05) is 25.4 Å². The minimum atomic E-state index is 0.332. The SMILES string of the molecule is Cc1ccc2c(c1SCCOC(C)C)CCNCC2. The van der Waals surface area contributed by atoms with Crippen molar-refractivity contribution in [1.82, 2.24) is 5.32 Å².